The second-order valence-electron chi connectivity index (χ2n) is 9.09. The van der Waals surface area contributed by atoms with Crippen molar-refractivity contribution in [3.63, 3.8) is 0 Å². The topological polar surface area (TPSA) is 128 Å². The molecule has 2 unspecified atom stereocenters. The van der Waals surface area contributed by atoms with E-state index in [0.717, 1.165) is 22.9 Å². The third-order valence-electron chi connectivity index (χ3n) is 6.45. The monoisotopic (exact) mass is 513 g/mol. The van der Waals surface area contributed by atoms with Crippen molar-refractivity contribution in [2.45, 2.75) is 51.4 Å². The Morgan fingerprint density at radius 1 is 1.14 bits per heavy atom. The molecule has 2 atom stereocenters. The molecule has 2 aromatic rings. The molecule has 2 heterocycles. The van der Waals surface area contributed by atoms with Crippen molar-refractivity contribution in [1.29, 1.82) is 0 Å². The lowest BCUT2D eigenvalue weighted by Gasteiger charge is -2.31. The van der Waals surface area contributed by atoms with E-state index in [1.54, 1.807) is 38.1 Å². The quantitative estimate of drug-likeness (QED) is 0.542. The molecule has 0 spiro atoms. The molecule has 0 aliphatic carbocycles. The second kappa shape index (κ2) is 9.85. The van der Waals surface area contributed by atoms with Crippen LogP contribution in [-0.4, -0.2) is 52.1 Å². The highest BCUT2D eigenvalue weighted by molar-refractivity contribution is 8.15. The molecule has 1 fully saturated rings. The van der Waals surface area contributed by atoms with E-state index in [-0.39, 0.29) is 30.0 Å². The Hall–Kier alpha value is -3.53. The van der Waals surface area contributed by atoms with Crippen LogP contribution in [0, 0.1) is 20.8 Å². The summed E-state index contributed by atoms with van der Waals surface area (Å²) in [7, 11) is 0. The third kappa shape index (κ3) is 4.90. The van der Waals surface area contributed by atoms with Crippen molar-refractivity contribution in [1.82, 2.24) is 5.32 Å². The molecular weight excluding hydrogens is 486 g/mol. The number of imide groups is 1. The summed E-state index contributed by atoms with van der Waals surface area (Å²) in [6.45, 7) is 6.79. The van der Waals surface area contributed by atoms with Gasteiger partial charge in [0.05, 0.1) is 17.4 Å². The summed E-state index contributed by atoms with van der Waals surface area (Å²) in [4.78, 5) is 48.0. The van der Waals surface area contributed by atoms with Gasteiger partial charge in [0.1, 0.15) is 23.9 Å². The largest absolute Gasteiger partial charge is 0.492 e. The van der Waals surface area contributed by atoms with Gasteiger partial charge in [-0.15, -0.1) is 0 Å². The SMILES string of the molecule is Cc1c(C)c2c(c(C)c1OC(C)(COc1ccc(CC3SC(=O)NC3=O)cc1)C(=O)O)C(=O)CCO2. The zero-order valence-corrected chi connectivity index (χ0v) is 21.2. The van der Waals surface area contributed by atoms with Crippen LogP contribution < -0.4 is 19.5 Å². The number of thioether (sulfide) groups is 1. The highest BCUT2D eigenvalue weighted by Gasteiger charge is 2.39. The van der Waals surface area contributed by atoms with Crippen molar-refractivity contribution >= 4 is 34.7 Å². The zero-order valence-electron chi connectivity index (χ0n) is 20.4. The number of ketones is 1. The van der Waals surface area contributed by atoms with Gasteiger partial charge in [-0.05, 0) is 62.9 Å². The summed E-state index contributed by atoms with van der Waals surface area (Å²) in [6, 6.07) is 6.87. The minimum absolute atomic E-state index is 0.0621. The first-order valence-electron chi connectivity index (χ1n) is 11.5. The Kier molecular flexibility index (Phi) is 6.99. The molecule has 1 saturated heterocycles. The van der Waals surface area contributed by atoms with Crippen molar-refractivity contribution in [2.24, 2.45) is 0 Å². The van der Waals surface area contributed by atoms with E-state index >= 15 is 0 Å². The molecule has 10 heteroatoms. The number of hydrogen-bond donors (Lipinski definition) is 2. The Labute approximate surface area is 212 Å². The highest BCUT2D eigenvalue weighted by atomic mass is 32.2. The Morgan fingerprint density at radius 3 is 2.44 bits per heavy atom. The lowest BCUT2D eigenvalue weighted by Crippen LogP contribution is -2.47. The molecule has 190 valence electrons. The number of carboxylic acids is 1. The predicted octanol–water partition coefficient (Wildman–Crippen LogP) is 3.77. The minimum atomic E-state index is -1.74. The molecule has 0 saturated carbocycles. The number of hydrogen-bond acceptors (Lipinski definition) is 8. The maximum absolute atomic E-state index is 12.6. The molecule has 9 nitrogen and oxygen atoms in total. The van der Waals surface area contributed by atoms with Crippen molar-refractivity contribution in [3.8, 4) is 17.2 Å². The van der Waals surface area contributed by atoms with E-state index in [0.29, 0.717) is 47.0 Å². The molecule has 2 aliphatic heterocycles. The number of benzene rings is 2. The Balaban J connectivity index is 1.50. The summed E-state index contributed by atoms with van der Waals surface area (Å²) < 4.78 is 17.6. The van der Waals surface area contributed by atoms with Gasteiger partial charge in [0.15, 0.2) is 5.78 Å². The number of amides is 2. The van der Waals surface area contributed by atoms with Gasteiger partial charge in [-0.2, -0.15) is 0 Å². The first-order chi connectivity index (χ1) is 17.0. The fraction of sp³-hybridized carbons (Fsp3) is 0.385. The van der Waals surface area contributed by atoms with Gasteiger partial charge in [-0.1, -0.05) is 23.9 Å². The molecule has 4 rings (SSSR count). The number of rotatable bonds is 8. The molecule has 2 aliphatic rings. The van der Waals surface area contributed by atoms with Gasteiger partial charge >= 0.3 is 5.97 Å². The number of nitrogens with one attached hydrogen (secondary N) is 1. The molecular formula is C26H27NO8S. The fourth-order valence-electron chi connectivity index (χ4n) is 4.18. The number of carbonyl (C=O) groups is 4. The van der Waals surface area contributed by atoms with Crippen LogP contribution in [0.5, 0.6) is 17.2 Å². The van der Waals surface area contributed by atoms with Gasteiger partial charge in [0, 0.05) is 12.0 Å². The lowest BCUT2D eigenvalue weighted by atomic mass is 9.92. The van der Waals surface area contributed by atoms with E-state index in [9.17, 15) is 24.3 Å². The van der Waals surface area contributed by atoms with Crippen molar-refractivity contribution in [3.05, 3.63) is 52.1 Å². The van der Waals surface area contributed by atoms with Gasteiger partial charge in [0.25, 0.3) is 5.24 Å². The molecule has 0 bridgehead atoms. The number of aliphatic carboxylic acids is 1. The Morgan fingerprint density at radius 2 is 1.83 bits per heavy atom. The molecule has 2 aromatic carbocycles. The molecule has 0 radical (unpaired) electrons. The van der Waals surface area contributed by atoms with Crippen LogP contribution in [0.2, 0.25) is 0 Å². The lowest BCUT2D eigenvalue weighted by molar-refractivity contribution is -0.156. The summed E-state index contributed by atoms with van der Waals surface area (Å²) in [5.41, 5.74) is 1.50. The molecule has 0 aromatic heterocycles. The predicted molar refractivity (Wildman–Crippen MR) is 132 cm³/mol. The molecule has 2 amide bonds. The van der Waals surface area contributed by atoms with Crippen molar-refractivity contribution < 1.29 is 38.5 Å². The van der Waals surface area contributed by atoms with Crippen LogP contribution in [-0.2, 0) is 16.0 Å². The number of carboxylic acid groups (broad SMARTS) is 1. The maximum Gasteiger partial charge on any atom is 0.351 e. The summed E-state index contributed by atoms with van der Waals surface area (Å²) in [5, 5.41) is 11.4. The van der Waals surface area contributed by atoms with Crippen LogP contribution >= 0.6 is 11.8 Å². The van der Waals surface area contributed by atoms with Crippen LogP contribution in [0.25, 0.3) is 0 Å². The number of carbonyl (C=O) groups excluding carboxylic acids is 3. The van der Waals surface area contributed by atoms with Crippen LogP contribution in [0.4, 0.5) is 4.79 Å². The summed E-state index contributed by atoms with van der Waals surface area (Å²) in [5.74, 6) is -0.308. The highest BCUT2D eigenvalue weighted by Crippen LogP contribution is 2.41. The zero-order chi connectivity index (χ0) is 26.2. The van der Waals surface area contributed by atoms with Crippen LogP contribution in [0.3, 0.4) is 0 Å². The van der Waals surface area contributed by atoms with Gasteiger partial charge < -0.3 is 19.3 Å². The van der Waals surface area contributed by atoms with Gasteiger partial charge in [-0.25, -0.2) is 4.79 Å². The van der Waals surface area contributed by atoms with Crippen LogP contribution in [0.15, 0.2) is 24.3 Å². The minimum Gasteiger partial charge on any atom is -0.492 e. The first kappa shape index (κ1) is 25.6. The average molecular weight is 514 g/mol. The van der Waals surface area contributed by atoms with Gasteiger partial charge in [-0.3, -0.25) is 19.7 Å². The first-order valence-corrected chi connectivity index (χ1v) is 12.3. The number of fused-ring (bicyclic) bond motifs is 1. The van der Waals surface area contributed by atoms with E-state index in [2.05, 4.69) is 5.32 Å². The smallest absolute Gasteiger partial charge is 0.351 e. The number of ether oxygens (including phenoxy) is 3. The average Bonchev–Trinajstić information content (AvgIpc) is 3.16. The third-order valence-corrected chi connectivity index (χ3v) is 7.43. The van der Waals surface area contributed by atoms with E-state index in [1.165, 1.54) is 6.92 Å². The number of Topliss-reactive ketones (excluding diaryl/α,β-unsaturated/α-hetero) is 1. The maximum atomic E-state index is 12.6. The summed E-state index contributed by atoms with van der Waals surface area (Å²) >= 11 is 0.961. The molecule has 36 heavy (non-hydrogen) atoms. The Bertz CT molecular complexity index is 1260. The normalized spacial score (nSPS) is 18.7. The van der Waals surface area contributed by atoms with Crippen LogP contribution in [0.1, 0.15) is 46.0 Å². The van der Waals surface area contributed by atoms with E-state index in [4.69, 9.17) is 14.2 Å². The van der Waals surface area contributed by atoms with E-state index in [1.807, 2.05) is 6.92 Å². The fourth-order valence-corrected chi connectivity index (χ4v) is 5.04. The second-order valence-corrected chi connectivity index (χ2v) is 10.3. The van der Waals surface area contributed by atoms with E-state index < -0.39 is 16.8 Å². The standard InChI is InChI=1S/C26H27NO8S/c1-13-14(2)22-20(18(28)9-10-33-22)15(3)21(13)35-26(4,24(30)31)12-34-17-7-5-16(6-8-17)11-19-23(29)27-25(32)36-19/h5-8,19H,9-12H2,1-4H3,(H,30,31)(H,27,29,32). The van der Waals surface area contributed by atoms with Crippen molar-refractivity contribution in [2.75, 3.05) is 13.2 Å². The summed E-state index contributed by atoms with van der Waals surface area (Å²) in [6.07, 6.45) is 0.642. The van der Waals surface area contributed by atoms with Gasteiger partial charge in [0.2, 0.25) is 11.5 Å². The molecule has 2 N–H and O–H groups in total.